The van der Waals surface area contributed by atoms with Crippen molar-refractivity contribution in [2.45, 2.75) is 59.1 Å². The maximum absolute atomic E-state index is 6.11. The quantitative estimate of drug-likeness (QED) is 0.825. The van der Waals surface area contributed by atoms with Gasteiger partial charge in [-0.2, -0.15) is 0 Å². The van der Waals surface area contributed by atoms with E-state index in [-0.39, 0.29) is 11.6 Å². The Bertz CT molecular complexity index is 398. The van der Waals surface area contributed by atoms with Crippen LogP contribution in [0.25, 0.3) is 0 Å². The average molecular weight is 284 g/mol. The van der Waals surface area contributed by atoms with E-state index in [2.05, 4.69) is 33.0 Å². The van der Waals surface area contributed by atoms with Crippen LogP contribution in [0.3, 0.4) is 0 Å². The molecular formula is C16H26ClNO. The first-order valence-corrected chi connectivity index (χ1v) is 7.37. The Kier molecular flexibility index (Phi) is 6.15. The molecule has 1 N–H and O–H groups in total. The van der Waals surface area contributed by atoms with Gasteiger partial charge in [0.1, 0.15) is 11.9 Å². The van der Waals surface area contributed by atoms with E-state index in [4.69, 9.17) is 16.3 Å². The maximum Gasteiger partial charge on any atom is 0.124 e. The maximum atomic E-state index is 6.11. The number of rotatable bonds is 6. The van der Waals surface area contributed by atoms with Crippen LogP contribution in [0.5, 0.6) is 5.75 Å². The van der Waals surface area contributed by atoms with Crippen molar-refractivity contribution in [3.8, 4) is 5.75 Å². The van der Waals surface area contributed by atoms with E-state index in [0.717, 1.165) is 35.7 Å². The van der Waals surface area contributed by atoms with E-state index in [1.165, 1.54) is 0 Å². The summed E-state index contributed by atoms with van der Waals surface area (Å²) < 4.78 is 6.11. The van der Waals surface area contributed by atoms with Crippen LogP contribution in [0.15, 0.2) is 18.2 Å². The molecule has 0 aliphatic rings. The van der Waals surface area contributed by atoms with Crippen molar-refractivity contribution in [3.63, 3.8) is 0 Å². The van der Waals surface area contributed by atoms with Gasteiger partial charge in [0.25, 0.3) is 0 Å². The Hall–Kier alpha value is -0.730. The largest absolute Gasteiger partial charge is 0.489 e. The third-order valence-corrected chi connectivity index (χ3v) is 3.15. The Morgan fingerprint density at radius 3 is 2.58 bits per heavy atom. The lowest BCUT2D eigenvalue weighted by Gasteiger charge is -2.26. The summed E-state index contributed by atoms with van der Waals surface area (Å²) in [4.78, 5) is 0. The number of nitrogens with one attached hydrogen (secondary N) is 1. The molecule has 1 unspecified atom stereocenters. The predicted molar refractivity (Wildman–Crippen MR) is 83.3 cm³/mol. The van der Waals surface area contributed by atoms with Gasteiger partial charge in [-0.3, -0.25) is 0 Å². The van der Waals surface area contributed by atoms with Crippen LogP contribution < -0.4 is 10.1 Å². The van der Waals surface area contributed by atoms with Crippen molar-refractivity contribution in [3.05, 3.63) is 28.8 Å². The highest BCUT2D eigenvalue weighted by atomic mass is 35.5. The molecule has 0 amide bonds. The van der Waals surface area contributed by atoms with Gasteiger partial charge >= 0.3 is 0 Å². The SMILES string of the molecule is CCCC(CNC(C)(C)C)Oc1cc(Cl)ccc1C. The second kappa shape index (κ2) is 7.16. The third-order valence-electron chi connectivity index (χ3n) is 2.91. The van der Waals surface area contributed by atoms with Crippen molar-refractivity contribution >= 4 is 11.6 Å². The first kappa shape index (κ1) is 16.3. The van der Waals surface area contributed by atoms with Crippen LogP contribution in [0.4, 0.5) is 0 Å². The third kappa shape index (κ3) is 6.31. The van der Waals surface area contributed by atoms with Gasteiger partial charge in [-0.1, -0.05) is 31.0 Å². The first-order valence-electron chi connectivity index (χ1n) is 6.99. The minimum atomic E-state index is 0.110. The highest BCUT2D eigenvalue weighted by Crippen LogP contribution is 2.24. The molecule has 1 aromatic carbocycles. The summed E-state index contributed by atoms with van der Waals surface area (Å²) in [5.41, 5.74) is 1.24. The van der Waals surface area contributed by atoms with Gasteiger partial charge in [0, 0.05) is 17.1 Å². The molecule has 1 aromatic rings. The molecule has 0 saturated heterocycles. The van der Waals surface area contributed by atoms with Gasteiger partial charge in [0.15, 0.2) is 0 Å². The predicted octanol–water partition coefficient (Wildman–Crippen LogP) is 4.58. The van der Waals surface area contributed by atoms with Crippen LogP contribution in [0, 0.1) is 6.92 Å². The standard InChI is InChI=1S/C16H26ClNO/c1-6-7-14(11-18-16(3,4)5)19-15-10-13(17)9-8-12(15)2/h8-10,14,18H,6-7,11H2,1-5H3. The Balaban J connectivity index is 2.69. The van der Waals surface area contributed by atoms with Crippen molar-refractivity contribution in [1.29, 1.82) is 0 Å². The van der Waals surface area contributed by atoms with Gasteiger partial charge < -0.3 is 10.1 Å². The lowest BCUT2D eigenvalue weighted by molar-refractivity contribution is 0.174. The molecule has 0 aliphatic heterocycles. The summed E-state index contributed by atoms with van der Waals surface area (Å²) in [6, 6.07) is 5.79. The molecule has 3 heteroatoms. The highest BCUT2D eigenvalue weighted by molar-refractivity contribution is 6.30. The number of ether oxygens (including phenoxy) is 1. The molecule has 1 rings (SSSR count). The second-order valence-electron chi connectivity index (χ2n) is 6.07. The molecule has 19 heavy (non-hydrogen) atoms. The number of aryl methyl sites for hydroxylation is 1. The van der Waals surface area contributed by atoms with Crippen molar-refractivity contribution in [1.82, 2.24) is 5.32 Å². The van der Waals surface area contributed by atoms with Gasteiger partial charge in [0.2, 0.25) is 0 Å². The van der Waals surface area contributed by atoms with Gasteiger partial charge in [-0.25, -0.2) is 0 Å². The molecule has 0 radical (unpaired) electrons. The fourth-order valence-corrected chi connectivity index (χ4v) is 1.99. The summed E-state index contributed by atoms with van der Waals surface area (Å²) in [6.45, 7) is 11.6. The van der Waals surface area contributed by atoms with E-state index >= 15 is 0 Å². The van der Waals surface area contributed by atoms with Crippen LogP contribution in [-0.4, -0.2) is 18.2 Å². The molecule has 0 bridgehead atoms. The van der Waals surface area contributed by atoms with Crippen molar-refractivity contribution in [2.24, 2.45) is 0 Å². The average Bonchev–Trinajstić information content (AvgIpc) is 2.30. The number of halogens is 1. The van der Waals surface area contributed by atoms with E-state index < -0.39 is 0 Å². The fraction of sp³-hybridized carbons (Fsp3) is 0.625. The number of benzene rings is 1. The minimum absolute atomic E-state index is 0.110. The molecule has 0 spiro atoms. The van der Waals surface area contributed by atoms with E-state index in [0.29, 0.717) is 0 Å². The lowest BCUT2D eigenvalue weighted by atomic mass is 10.1. The van der Waals surface area contributed by atoms with E-state index in [9.17, 15) is 0 Å². The molecular weight excluding hydrogens is 258 g/mol. The van der Waals surface area contributed by atoms with Crippen LogP contribution in [-0.2, 0) is 0 Å². The van der Waals surface area contributed by atoms with Gasteiger partial charge in [0.05, 0.1) is 0 Å². The molecule has 0 heterocycles. The summed E-state index contributed by atoms with van der Waals surface area (Å²) in [5.74, 6) is 0.890. The minimum Gasteiger partial charge on any atom is -0.489 e. The summed E-state index contributed by atoms with van der Waals surface area (Å²) >= 11 is 6.03. The zero-order valence-electron chi connectivity index (χ0n) is 12.7. The molecule has 108 valence electrons. The number of hydrogen-bond donors (Lipinski definition) is 1. The topological polar surface area (TPSA) is 21.3 Å². The zero-order valence-corrected chi connectivity index (χ0v) is 13.5. The molecule has 2 nitrogen and oxygen atoms in total. The summed E-state index contributed by atoms with van der Waals surface area (Å²) in [7, 11) is 0. The van der Waals surface area contributed by atoms with Gasteiger partial charge in [-0.05, 0) is 51.8 Å². The zero-order chi connectivity index (χ0) is 14.5. The number of hydrogen-bond acceptors (Lipinski definition) is 2. The summed E-state index contributed by atoms with van der Waals surface area (Å²) in [5, 5.41) is 4.22. The monoisotopic (exact) mass is 283 g/mol. The first-order chi connectivity index (χ1) is 8.81. The molecule has 0 aromatic heterocycles. The van der Waals surface area contributed by atoms with Crippen LogP contribution in [0.2, 0.25) is 5.02 Å². The van der Waals surface area contributed by atoms with Crippen LogP contribution in [0.1, 0.15) is 46.1 Å². The van der Waals surface area contributed by atoms with Crippen molar-refractivity contribution in [2.75, 3.05) is 6.54 Å². The van der Waals surface area contributed by atoms with Crippen LogP contribution >= 0.6 is 11.6 Å². The smallest absolute Gasteiger partial charge is 0.124 e. The fourth-order valence-electron chi connectivity index (χ4n) is 1.83. The molecule has 1 atom stereocenters. The van der Waals surface area contributed by atoms with Crippen molar-refractivity contribution < 1.29 is 4.74 Å². The second-order valence-corrected chi connectivity index (χ2v) is 6.51. The molecule has 0 aliphatic carbocycles. The highest BCUT2D eigenvalue weighted by Gasteiger charge is 2.15. The summed E-state index contributed by atoms with van der Waals surface area (Å²) in [6.07, 6.45) is 2.33. The van der Waals surface area contributed by atoms with E-state index in [1.807, 2.05) is 25.1 Å². The molecule has 0 fully saturated rings. The Labute approximate surface area is 122 Å². The Morgan fingerprint density at radius 1 is 1.32 bits per heavy atom. The Morgan fingerprint density at radius 2 is 2.00 bits per heavy atom. The normalized spacial score (nSPS) is 13.4. The lowest BCUT2D eigenvalue weighted by Crippen LogP contribution is -2.42. The van der Waals surface area contributed by atoms with Gasteiger partial charge in [-0.15, -0.1) is 0 Å². The molecule has 0 saturated carbocycles. The van der Waals surface area contributed by atoms with E-state index in [1.54, 1.807) is 0 Å².